The molecule has 5 atom stereocenters. The first kappa shape index (κ1) is 21.8. The van der Waals surface area contributed by atoms with Crippen molar-refractivity contribution in [2.45, 2.75) is 45.1 Å². The molecule has 0 aliphatic heterocycles. The second-order valence-corrected chi connectivity index (χ2v) is 11.6. The quantitative estimate of drug-likeness (QED) is 0.412. The van der Waals surface area contributed by atoms with E-state index in [2.05, 4.69) is 41.5 Å². The minimum atomic E-state index is -0.425. The van der Waals surface area contributed by atoms with Crippen LogP contribution >= 0.6 is 0 Å². The van der Waals surface area contributed by atoms with Crippen LogP contribution in [0.4, 0.5) is 15.8 Å². The largest absolute Gasteiger partial charge is 0.397 e. The van der Waals surface area contributed by atoms with Crippen LogP contribution in [0.5, 0.6) is 0 Å². The molecule has 4 aliphatic rings. The van der Waals surface area contributed by atoms with Gasteiger partial charge < -0.3 is 16.0 Å². The molecule has 6 rings (SSSR count). The van der Waals surface area contributed by atoms with Crippen molar-refractivity contribution >= 4 is 23.4 Å². The molecule has 2 aromatic rings. The first-order chi connectivity index (χ1) is 16.3. The van der Waals surface area contributed by atoms with Crippen molar-refractivity contribution in [2.24, 2.45) is 28.6 Å². The van der Waals surface area contributed by atoms with E-state index in [1.54, 1.807) is 6.08 Å². The Hall–Kier alpha value is -2.66. The van der Waals surface area contributed by atoms with Crippen molar-refractivity contribution in [3.63, 3.8) is 0 Å². The molecule has 34 heavy (non-hydrogen) atoms. The number of nitrogens with two attached hydrogens (primary N) is 1. The highest BCUT2D eigenvalue weighted by Crippen LogP contribution is 2.81. The fourth-order valence-corrected chi connectivity index (χ4v) is 8.47. The number of carbonyl (C=O) groups is 1. The fraction of sp³-hybridized carbons (Fsp3) is 0.483. The average Bonchev–Trinajstić information content (AvgIpc) is 3.10. The maximum atomic E-state index is 13.2. The van der Waals surface area contributed by atoms with Gasteiger partial charge in [-0.3, -0.25) is 4.79 Å². The van der Waals surface area contributed by atoms with Gasteiger partial charge in [-0.05, 0) is 110 Å². The number of halogens is 1. The molecule has 1 amide bonds. The topological polar surface area (TPSA) is 58.4 Å². The standard InChI is InChI=1S/C29H34FN3O/c1-33(18-28-13-22-10-21-11-23(16-28)29(28,14-21)15-22)17-20-4-2-19(3-5-20)6-9-27(34)32-26-8-7-24(30)12-25(26)31/h2-9,12,21-23H,10-11,13-18,31H2,1H3,(H,32,34)/b9-6+. The summed E-state index contributed by atoms with van der Waals surface area (Å²) in [7, 11) is 2.28. The molecule has 3 N–H and O–H groups in total. The summed E-state index contributed by atoms with van der Waals surface area (Å²) in [5, 5.41) is 2.69. The van der Waals surface area contributed by atoms with Gasteiger partial charge >= 0.3 is 0 Å². The lowest BCUT2D eigenvalue weighted by molar-refractivity contribution is -0.115. The van der Waals surface area contributed by atoms with Gasteiger partial charge in [-0.1, -0.05) is 24.3 Å². The Balaban J connectivity index is 1.04. The molecule has 0 saturated heterocycles. The molecular weight excluding hydrogens is 425 g/mol. The van der Waals surface area contributed by atoms with E-state index in [0.29, 0.717) is 16.5 Å². The molecule has 178 valence electrons. The Morgan fingerprint density at radius 3 is 2.71 bits per heavy atom. The van der Waals surface area contributed by atoms with Crippen molar-refractivity contribution < 1.29 is 9.18 Å². The number of nitrogens with zero attached hydrogens (tertiary/aromatic N) is 1. The summed E-state index contributed by atoms with van der Waals surface area (Å²) in [5.74, 6) is 2.35. The predicted molar refractivity (Wildman–Crippen MR) is 134 cm³/mol. The highest BCUT2D eigenvalue weighted by molar-refractivity contribution is 6.03. The van der Waals surface area contributed by atoms with Crippen LogP contribution in [-0.4, -0.2) is 24.4 Å². The smallest absolute Gasteiger partial charge is 0.248 e. The third-order valence-corrected chi connectivity index (χ3v) is 9.45. The number of hydrogen-bond donors (Lipinski definition) is 2. The number of fused-ring (bicyclic) bond motifs is 2. The van der Waals surface area contributed by atoms with E-state index >= 15 is 0 Å². The zero-order chi connectivity index (χ0) is 23.5. The van der Waals surface area contributed by atoms with Crippen molar-refractivity contribution in [3.8, 4) is 0 Å². The number of anilines is 2. The first-order valence-electron chi connectivity index (χ1n) is 12.7. The van der Waals surface area contributed by atoms with Crippen molar-refractivity contribution in [1.82, 2.24) is 4.90 Å². The maximum absolute atomic E-state index is 13.2. The number of benzene rings is 2. The zero-order valence-electron chi connectivity index (χ0n) is 19.9. The summed E-state index contributed by atoms with van der Waals surface area (Å²) in [4.78, 5) is 14.8. The molecule has 4 fully saturated rings. The summed E-state index contributed by atoms with van der Waals surface area (Å²) in [6.07, 6.45) is 12.3. The highest BCUT2D eigenvalue weighted by atomic mass is 19.1. The Kier molecular flexibility index (Phi) is 5.10. The third kappa shape index (κ3) is 3.56. The number of hydrogen-bond acceptors (Lipinski definition) is 3. The normalized spacial score (nSPS) is 32.9. The van der Waals surface area contributed by atoms with E-state index in [-0.39, 0.29) is 11.6 Å². The summed E-state index contributed by atoms with van der Waals surface area (Å²) in [6.45, 7) is 2.20. The van der Waals surface area contributed by atoms with E-state index in [9.17, 15) is 9.18 Å². The zero-order valence-corrected chi connectivity index (χ0v) is 19.9. The van der Waals surface area contributed by atoms with E-state index in [0.717, 1.165) is 29.9 Å². The maximum Gasteiger partial charge on any atom is 0.248 e. The number of nitrogen functional groups attached to an aromatic ring is 1. The van der Waals surface area contributed by atoms with Gasteiger partial charge in [0, 0.05) is 19.2 Å². The minimum Gasteiger partial charge on any atom is -0.397 e. The fourth-order valence-electron chi connectivity index (χ4n) is 8.47. The number of rotatable bonds is 7. The third-order valence-electron chi connectivity index (χ3n) is 9.45. The monoisotopic (exact) mass is 459 g/mol. The molecular formula is C29H34FN3O. The Bertz CT molecular complexity index is 1140. The van der Waals surface area contributed by atoms with Gasteiger partial charge in [-0.15, -0.1) is 0 Å². The molecule has 0 radical (unpaired) electrons. The van der Waals surface area contributed by atoms with Crippen LogP contribution in [-0.2, 0) is 11.3 Å². The van der Waals surface area contributed by atoms with Crippen LogP contribution in [0.25, 0.3) is 6.08 Å². The second-order valence-electron chi connectivity index (χ2n) is 11.6. The average molecular weight is 460 g/mol. The molecule has 0 aromatic heterocycles. The van der Waals surface area contributed by atoms with E-state index in [1.165, 1.54) is 74.9 Å². The van der Waals surface area contributed by atoms with Crippen molar-refractivity contribution in [3.05, 3.63) is 65.5 Å². The molecule has 0 heterocycles. The van der Waals surface area contributed by atoms with Gasteiger partial charge in [-0.2, -0.15) is 0 Å². The summed E-state index contributed by atoms with van der Waals surface area (Å²) in [5.41, 5.74) is 9.93. The van der Waals surface area contributed by atoms with Crippen LogP contribution < -0.4 is 11.1 Å². The molecule has 5 heteroatoms. The van der Waals surface area contributed by atoms with Crippen molar-refractivity contribution in [2.75, 3.05) is 24.6 Å². The SMILES string of the molecule is CN(Cc1ccc(/C=C/C(=O)Nc2ccc(F)cc2N)cc1)CC12CC3CC4CC(C1)C2(C4)C3. The molecule has 4 saturated carbocycles. The minimum absolute atomic E-state index is 0.209. The Morgan fingerprint density at radius 2 is 1.91 bits per heavy atom. The molecule has 1 spiro atoms. The summed E-state index contributed by atoms with van der Waals surface area (Å²) < 4.78 is 13.2. The van der Waals surface area contributed by atoms with E-state index < -0.39 is 5.82 Å². The van der Waals surface area contributed by atoms with E-state index in [1.807, 2.05) is 0 Å². The number of carbonyl (C=O) groups excluding carboxylic acids is 1. The Morgan fingerprint density at radius 1 is 1.12 bits per heavy atom. The van der Waals surface area contributed by atoms with Gasteiger partial charge in [0.1, 0.15) is 5.82 Å². The van der Waals surface area contributed by atoms with Gasteiger partial charge in [-0.25, -0.2) is 4.39 Å². The lowest BCUT2D eigenvalue weighted by atomic mass is 9.46. The van der Waals surface area contributed by atoms with Gasteiger partial charge in [0.05, 0.1) is 11.4 Å². The molecule has 4 nitrogen and oxygen atoms in total. The molecule has 3 bridgehead atoms. The molecule has 2 aromatic carbocycles. The summed E-state index contributed by atoms with van der Waals surface area (Å²) >= 11 is 0. The Labute approximate surface area is 201 Å². The lowest BCUT2D eigenvalue weighted by Gasteiger charge is -2.60. The van der Waals surface area contributed by atoms with Gasteiger partial charge in [0.2, 0.25) is 5.91 Å². The van der Waals surface area contributed by atoms with Crippen LogP contribution in [0.15, 0.2) is 48.5 Å². The van der Waals surface area contributed by atoms with Gasteiger partial charge in [0.25, 0.3) is 0 Å². The van der Waals surface area contributed by atoms with E-state index in [4.69, 9.17) is 5.73 Å². The van der Waals surface area contributed by atoms with Crippen LogP contribution in [0.2, 0.25) is 0 Å². The number of nitrogens with one attached hydrogen (secondary N) is 1. The van der Waals surface area contributed by atoms with Gasteiger partial charge in [0.15, 0.2) is 0 Å². The predicted octanol–water partition coefficient (Wildman–Crippen LogP) is 5.71. The number of amides is 1. The van der Waals surface area contributed by atoms with Crippen molar-refractivity contribution in [1.29, 1.82) is 0 Å². The van der Waals surface area contributed by atoms with Crippen LogP contribution in [0, 0.1) is 34.4 Å². The summed E-state index contributed by atoms with van der Waals surface area (Å²) in [6, 6.07) is 12.4. The molecule has 4 aliphatic carbocycles. The molecule has 5 unspecified atom stereocenters. The van der Waals surface area contributed by atoms with Crippen LogP contribution in [0.3, 0.4) is 0 Å². The van der Waals surface area contributed by atoms with Crippen LogP contribution in [0.1, 0.15) is 49.7 Å². The lowest BCUT2D eigenvalue weighted by Crippen LogP contribution is -2.56. The second kappa shape index (κ2) is 7.94. The first-order valence-corrected chi connectivity index (χ1v) is 12.7. The highest BCUT2D eigenvalue weighted by Gasteiger charge is 2.73.